The minimum absolute atomic E-state index is 0.136. The van der Waals surface area contributed by atoms with Gasteiger partial charge in [0, 0.05) is 30.4 Å². The fourth-order valence-electron chi connectivity index (χ4n) is 3.64. The molecule has 0 spiro atoms. The summed E-state index contributed by atoms with van der Waals surface area (Å²) in [4.78, 5) is 22.8. The van der Waals surface area contributed by atoms with Gasteiger partial charge in [0.05, 0.1) is 24.7 Å². The normalized spacial score (nSPS) is 9.45. The molecule has 0 radical (unpaired) electrons. The zero-order chi connectivity index (χ0) is 29.1. The fraction of sp³-hybridized carbons (Fsp3) is 0.469. The second kappa shape index (κ2) is 19.7. The molecule has 6 heteroatoms. The number of rotatable bonds is 8. The highest BCUT2D eigenvalue weighted by Crippen LogP contribution is 2.25. The van der Waals surface area contributed by atoms with Gasteiger partial charge < -0.3 is 15.0 Å². The Hall–Kier alpha value is -3.41. The SMILES string of the molecule is CC.CC.CCCN(CCC)c1ccc(C)c(OC)c1.Cc1ncc(NC(=O)c2ccccc2C)c(C)n1. The zero-order valence-electron chi connectivity index (χ0n) is 25.6. The number of carbonyl (C=O) groups is 1. The van der Waals surface area contributed by atoms with E-state index in [2.05, 4.69) is 59.2 Å². The van der Waals surface area contributed by atoms with Gasteiger partial charge in [0.1, 0.15) is 11.6 Å². The number of methoxy groups -OCH3 is 1. The number of aromatic nitrogens is 2. The number of hydrogen-bond acceptors (Lipinski definition) is 5. The molecule has 38 heavy (non-hydrogen) atoms. The van der Waals surface area contributed by atoms with E-state index in [0.29, 0.717) is 17.1 Å². The van der Waals surface area contributed by atoms with Crippen LogP contribution in [0.5, 0.6) is 5.75 Å². The molecule has 0 unspecified atom stereocenters. The van der Waals surface area contributed by atoms with E-state index in [9.17, 15) is 4.79 Å². The summed E-state index contributed by atoms with van der Waals surface area (Å²) in [6.45, 7) is 22.3. The number of hydrogen-bond donors (Lipinski definition) is 1. The molecule has 3 rings (SSSR count). The molecule has 0 aliphatic carbocycles. The smallest absolute Gasteiger partial charge is 0.256 e. The molecule has 0 saturated carbocycles. The van der Waals surface area contributed by atoms with E-state index in [4.69, 9.17) is 4.74 Å². The molecule has 0 bridgehead atoms. The Labute approximate surface area is 231 Å². The Balaban J connectivity index is 0.000000641. The lowest BCUT2D eigenvalue weighted by Crippen LogP contribution is -2.24. The Morgan fingerprint density at radius 1 is 0.895 bits per heavy atom. The quantitative estimate of drug-likeness (QED) is 0.322. The fourth-order valence-corrected chi connectivity index (χ4v) is 3.64. The van der Waals surface area contributed by atoms with E-state index in [1.807, 2.05) is 66.7 Å². The molecule has 3 aromatic rings. The van der Waals surface area contributed by atoms with Crippen LogP contribution in [-0.2, 0) is 0 Å². The molecule has 0 atom stereocenters. The molecule has 0 aliphatic heterocycles. The summed E-state index contributed by atoms with van der Waals surface area (Å²) in [5.74, 6) is 1.54. The van der Waals surface area contributed by atoms with E-state index < -0.39 is 0 Å². The molecule has 0 fully saturated rings. The van der Waals surface area contributed by atoms with Crippen LogP contribution >= 0.6 is 0 Å². The van der Waals surface area contributed by atoms with Crippen LogP contribution in [0.1, 0.15) is 87.4 Å². The minimum atomic E-state index is -0.136. The van der Waals surface area contributed by atoms with E-state index >= 15 is 0 Å². The summed E-state index contributed by atoms with van der Waals surface area (Å²) in [5, 5.41) is 2.83. The topological polar surface area (TPSA) is 67.3 Å². The first-order chi connectivity index (χ1) is 18.3. The van der Waals surface area contributed by atoms with Crippen molar-refractivity contribution in [2.75, 3.05) is 30.4 Å². The van der Waals surface area contributed by atoms with Crippen molar-refractivity contribution in [2.45, 2.75) is 82.1 Å². The van der Waals surface area contributed by atoms with Crippen molar-refractivity contribution in [3.8, 4) is 5.75 Å². The van der Waals surface area contributed by atoms with Gasteiger partial charge in [0.2, 0.25) is 0 Å². The second-order valence-electron chi connectivity index (χ2n) is 8.33. The third-order valence-electron chi connectivity index (χ3n) is 5.48. The van der Waals surface area contributed by atoms with Crippen molar-refractivity contribution in [1.29, 1.82) is 0 Å². The number of nitrogens with zero attached hydrogens (tertiary/aromatic N) is 3. The maximum atomic E-state index is 12.1. The Kier molecular flexibility index (Phi) is 17.9. The highest BCUT2D eigenvalue weighted by atomic mass is 16.5. The van der Waals surface area contributed by atoms with Gasteiger partial charge in [0.25, 0.3) is 5.91 Å². The number of amides is 1. The number of nitrogens with one attached hydrogen (secondary N) is 1. The van der Waals surface area contributed by atoms with E-state index in [-0.39, 0.29) is 5.91 Å². The number of aryl methyl sites for hydroxylation is 4. The van der Waals surface area contributed by atoms with Gasteiger partial charge in [-0.3, -0.25) is 4.79 Å². The van der Waals surface area contributed by atoms with Crippen LogP contribution in [-0.4, -0.2) is 36.1 Å². The average Bonchev–Trinajstić information content (AvgIpc) is 2.93. The highest BCUT2D eigenvalue weighted by molar-refractivity contribution is 6.05. The number of anilines is 2. The highest BCUT2D eigenvalue weighted by Gasteiger charge is 2.10. The molecule has 1 N–H and O–H groups in total. The van der Waals surface area contributed by atoms with Crippen molar-refractivity contribution in [2.24, 2.45) is 0 Å². The van der Waals surface area contributed by atoms with Crippen molar-refractivity contribution in [3.63, 3.8) is 0 Å². The number of carbonyl (C=O) groups excluding carboxylic acids is 1. The molecule has 1 heterocycles. The summed E-state index contributed by atoms with van der Waals surface area (Å²) in [7, 11) is 1.73. The second-order valence-corrected chi connectivity index (χ2v) is 8.33. The molecule has 210 valence electrons. The summed E-state index contributed by atoms with van der Waals surface area (Å²) in [6, 6.07) is 13.9. The van der Waals surface area contributed by atoms with Crippen LogP contribution in [0.2, 0.25) is 0 Å². The molecule has 0 saturated heterocycles. The van der Waals surface area contributed by atoms with E-state index in [1.165, 1.54) is 24.1 Å². The first-order valence-corrected chi connectivity index (χ1v) is 13.9. The van der Waals surface area contributed by atoms with Crippen molar-refractivity contribution < 1.29 is 9.53 Å². The molecular formula is C32H50N4O2. The zero-order valence-corrected chi connectivity index (χ0v) is 25.6. The molecule has 2 aromatic carbocycles. The molecule has 6 nitrogen and oxygen atoms in total. The lowest BCUT2D eigenvalue weighted by Gasteiger charge is -2.24. The summed E-state index contributed by atoms with van der Waals surface area (Å²) >= 11 is 0. The third-order valence-corrected chi connectivity index (χ3v) is 5.48. The van der Waals surface area contributed by atoms with Crippen LogP contribution in [0.3, 0.4) is 0 Å². The van der Waals surface area contributed by atoms with Gasteiger partial charge >= 0.3 is 0 Å². The maximum absolute atomic E-state index is 12.1. The van der Waals surface area contributed by atoms with Crippen LogP contribution < -0.4 is 15.0 Å². The molecule has 1 amide bonds. The van der Waals surface area contributed by atoms with Crippen molar-refractivity contribution in [3.05, 3.63) is 76.9 Å². The lowest BCUT2D eigenvalue weighted by atomic mass is 10.1. The van der Waals surface area contributed by atoms with Gasteiger partial charge in [-0.25, -0.2) is 9.97 Å². The Bertz CT molecular complexity index is 1080. The molecule has 0 aliphatic rings. The van der Waals surface area contributed by atoms with Crippen LogP contribution in [0.25, 0.3) is 0 Å². The molecular weight excluding hydrogens is 472 g/mol. The van der Waals surface area contributed by atoms with Crippen molar-refractivity contribution >= 4 is 17.3 Å². The van der Waals surface area contributed by atoms with Crippen LogP contribution in [0.15, 0.2) is 48.7 Å². The van der Waals surface area contributed by atoms with Gasteiger partial charge in [-0.05, 0) is 63.8 Å². The van der Waals surface area contributed by atoms with E-state index in [1.54, 1.807) is 19.4 Å². The third kappa shape index (κ3) is 11.3. The predicted molar refractivity (Wildman–Crippen MR) is 164 cm³/mol. The minimum Gasteiger partial charge on any atom is -0.496 e. The maximum Gasteiger partial charge on any atom is 0.256 e. The standard InChI is InChI=1S/C14H15N3O.C14H23NO.2C2H6/c1-9-6-4-5-7-12(9)14(18)17-13-8-15-11(3)16-10(13)2;1-5-9-15(10-6-2)13-8-7-12(3)14(11-13)16-4;2*1-2/h4-8H,1-3H3,(H,17,18);7-8,11H,5-6,9-10H2,1-4H3;2*1-2H3. The Morgan fingerprint density at radius 3 is 2.03 bits per heavy atom. The van der Waals surface area contributed by atoms with E-state index in [0.717, 1.165) is 30.1 Å². The van der Waals surface area contributed by atoms with Gasteiger partial charge in [-0.2, -0.15) is 0 Å². The van der Waals surface area contributed by atoms with Crippen molar-refractivity contribution in [1.82, 2.24) is 9.97 Å². The lowest BCUT2D eigenvalue weighted by molar-refractivity contribution is 0.102. The average molecular weight is 523 g/mol. The Morgan fingerprint density at radius 2 is 1.50 bits per heavy atom. The number of benzene rings is 2. The molecule has 1 aromatic heterocycles. The summed E-state index contributed by atoms with van der Waals surface area (Å²) in [6.07, 6.45) is 3.99. The largest absolute Gasteiger partial charge is 0.496 e. The van der Waals surface area contributed by atoms with Crippen LogP contribution in [0.4, 0.5) is 11.4 Å². The van der Waals surface area contributed by atoms with Gasteiger partial charge in [-0.1, -0.05) is 65.8 Å². The number of ether oxygens (including phenoxy) is 1. The van der Waals surface area contributed by atoms with Gasteiger partial charge in [0.15, 0.2) is 0 Å². The summed E-state index contributed by atoms with van der Waals surface area (Å²) < 4.78 is 5.37. The van der Waals surface area contributed by atoms with Gasteiger partial charge in [-0.15, -0.1) is 0 Å². The monoisotopic (exact) mass is 522 g/mol. The summed E-state index contributed by atoms with van der Waals surface area (Å²) in [5.41, 5.74) is 5.49. The first kappa shape index (κ1) is 34.6. The van der Waals surface area contributed by atoms with Crippen LogP contribution in [0, 0.1) is 27.7 Å². The predicted octanol–water partition coefficient (Wildman–Crippen LogP) is 8.34. The first-order valence-electron chi connectivity index (χ1n) is 13.9.